The number of hydrogen-bond donors (Lipinski definition) is 0. The second kappa shape index (κ2) is 9.46. The average Bonchev–Trinajstić information content (AvgIpc) is 3.06. The number of ether oxygens (including phenoxy) is 1. The van der Waals surface area contributed by atoms with E-state index in [9.17, 15) is 13.2 Å². The number of carbonyl (C=O) groups is 1. The Kier molecular flexibility index (Phi) is 6.98. The van der Waals surface area contributed by atoms with Gasteiger partial charge in [0.2, 0.25) is 5.91 Å². The molecule has 0 aromatic heterocycles. The predicted octanol–water partition coefficient (Wildman–Crippen LogP) is 3.97. The number of halogens is 1. The van der Waals surface area contributed by atoms with Crippen molar-refractivity contribution in [3.63, 3.8) is 0 Å². The van der Waals surface area contributed by atoms with Gasteiger partial charge in [-0.1, -0.05) is 35.9 Å². The summed E-state index contributed by atoms with van der Waals surface area (Å²) >= 11 is 5.89. The number of benzene rings is 2. The molecule has 0 aliphatic carbocycles. The lowest BCUT2D eigenvalue weighted by atomic mass is 10.1. The van der Waals surface area contributed by atoms with E-state index in [1.807, 2.05) is 43.3 Å². The fourth-order valence-corrected chi connectivity index (χ4v) is 5.16. The van der Waals surface area contributed by atoms with Crippen molar-refractivity contribution in [3.8, 4) is 5.75 Å². The molecule has 0 radical (unpaired) electrons. The molecule has 1 aliphatic heterocycles. The molecular formula is C22H24ClNO4S. The van der Waals surface area contributed by atoms with Crippen molar-refractivity contribution in [2.24, 2.45) is 0 Å². The quantitative estimate of drug-likeness (QED) is 0.620. The Morgan fingerprint density at radius 3 is 2.45 bits per heavy atom. The highest BCUT2D eigenvalue weighted by Crippen LogP contribution is 2.22. The SMILES string of the molecule is CCOc1ccc(CN(C(=O)/C=C/c2ccc(Cl)cc2)[C@H]2CCS(=O)(=O)C2)cc1. The van der Waals surface area contributed by atoms with Crippen molar-refractivity contribution < 1.29 is 17.9 Å². The summed E-state index contributed by atoms with van der Waals surface area (Å²) < 4.78 is 29.4. The Morgan fingerprint density at radius 1 is 1.17 bits per heavy atom. The molecule has 0 unspecified atom stereocenters. The van der Waals surface area contributed by atoms with Crippen LogP contribution in [0.15, 0.2) is 54.6 Å². The van der Waals surface area contributed by atoms with Gasteiger partial charge in [-0.2, -0.15) is 0 Å². The highest BCUT2D eigenvalue weighted by Gasteiger charge is 2.34. The van der Waals surface area contributed by atoms with Gasteiger partial charge in [0.1, 0.15) is 5.75 Å². The number of rotatable bonds is 7. The van der Waals surface area contributed by atoms with Crippen LogP contribution in [0, 0.1) is 0 Å². The molecule has 2 aromatic carbocycles. The summed E-state index contributed by atoms with van der Waals surface area (Å²) in [5.41, 5.74) is 1.77. The van der Waals surface area contributed by atoms with E-state index in [0.29, 0.717) is 24.6 Å². The summed E-state index contributed by atoms with van der Waals surface area (Å²) in [5.74, 6) is 0.673. The highest BCUT2D eigenvalue weighted by molar-refractivity contribution is 7.91. The van der Waals surface area contributed by atoms with Gasteiger partial charge in [0, 0.05) is 23.7 Å². The van der Waals surface area contributed by atoms with Gasteiger partial charge in [0.25, 0.3) is 0 Å². The molecule has 154 valence electrons. The van der Waals surface area contributed by atoms with Crippen molar-refractivity contribution in [1.29, 1.82) is 0 Å². The monoisotopic (exact) mass is 433 g/mol. The van der Waals surface area contributed by atoms with Gasteiger partial charge >= 0.3 is 0 Å². The van der Waals surface area contributed by atoms with E-state index in [2.05, 4.69) is 0 Å². The van der Waals surface area contributed by atoms with Crippen LogP contribution in [0.1, 0.15) is 24.5 Å². The summed E-state index contributed by atoms with van der Waals surface area (Å²) in [4.78, 5) is 14.6. The van der Waals surface area contributed by atoms with Crippen LogP contribution in [0.2, 0.25) is 5.02 Å². The maximum Gasteiger partial charge on any atom is 0.247 e. The van der Waals surface area contributed by atoms with Crippen LogP contribution in [-0.2, 0) is 21.2 Å². The summed E-state index contributed by atoms with van der Waals surface area (Å²) in [6.07, 6.45) is 3.66. The molecule has 0 bridgehead atoms. The van der Waals surface area contributed by atoms with Crippen LogP contribution < -0.4 is 4.74 Å². The first-order chi connectivity index (χ1) is 13.9. The smallest absolute Gasteiger partial charge is 0.247 e. The van der Waals surface area contributed by atoms with E-state index >= 15 is 0 Å². The molecule has 1 amide bonds. The molecule has 1 aliphatic rings. The first-order valence-corrected chi connectivity index (χ1v) is 11.7. The minimum absolute atomic E-state index is 0.00452. The standard InChI is InChI=1S/C22H24ClNO4S/c1-2-28-21-10-5-18(6-11-21)15-24(20-13-14-29(26,27)16-20)22(25)12-7-17-3-8-19(23)9-4-17/h3-12,20H,2,13-16H2,1H3/b12-7+/t20-/m0/s1. The molecule has 0 saturated carbocycles. The Hall–Kier alpha value is -2.31. The molecule has 29 heavy (non-hydrogen) atoms. The third kappa shape index (κ3) is 6.08. The topological polar surface area (TPSA) is 63.7 Å². The van der Waals surface area contributed by atoms with Gasteiger partial charge in [0.15, 0.2) is 9.84 Å². The van der Waals surface area contributed by atoms with E-state index in [0.717, 1.165) is 16.9 Å². The molecule has 3 rings (SSSR count). The zero-order chi connectivity index (χ0) is 20.9. The van der Waals surface area contributed by atoms with Crippen LogP contribution in [0.5, 0.6) is 5.75 Å². The maximum absolute atomic E-state index is 12.9. The van der Waals surface area contributed by atoms with E-state index in [4.69, 9.17) is 16.3 Å². The fourth-order valence-electron chi connectivity index (χ4n) is 3.30. The highest BCUT2D eigenvalue weighted by atomic mass is 35.5. The van der Waals surface area contributed by atoms with Gasteiger partial charge in [-0.05, 0) is 54.8 Å². The van der Waals surface area contributed by atoms with Gasteiger partial charge in [-0.3, -0.25) is 4.79 Å². The third-order valence-corrected chi connectivity index (χ3v) is 6.81. The Balaban J connectivity index is 1.78. The van der Waals surface area contributed by atoms with E-state index < -0.39 is 9.84 Å². The zero-order valence-corrected chi connectivity index (χ0v) is 17.8. The zero-order valence-electron chi connectivity index (χ0n) is 16.3. The minimum Gasteiger partial charge on any atom is -0.494 e. The first kappa shape index (κ1) is 21.4. The summed E-state index contributed by atoms with van der Waals surface area (Å²) in [6, 6.07) is 14.3. The van der Waals surface area contributed by atoms with Gasteiger partial charge in [-0.15, -0.1) is 0 Å². The number of hydrogen-bond acceptors (Lipinski definition) is 4. The molecule has 5 nitrogen and oxygen atoms in total. The van der Waals surface area contributed by atoms with E-state index in [1.165, 1.54) is 6.08 Å². The molecule has 0 N–H and O–H groups in total. The summed E-state index contributed by atoms with van der Waals surface area (Å²) in [6.45, 7) is 2.84. The first-order valence-electron chi connectivity index (χ1n) is 9.53. The Bertz CT molecular complexity index is 969. The van der Waals surface area contributed by atoms with Crippen molar-refractivity contribution in [2.75, 3.05) is 18.1 Å². The largest absolute Gasteiger partial charge is 0.494 e. The number of carbonyl (C=O) groups excluding carboxylic acids is 1. The van der Waals surface area contributed by atoms with E-state index in [1.54, 1.807) is 23.1 Å². The van der Waals surface area contributed by atoms with Gasteiger partial charge in [0.05, 0.1) is 18.1 Å². The predicted molar refractivity (Wildman–Crippen MR) is 116 cm³/mol. The molecular weight excluding hydrogens is 410 g/mol. The summed E-state index contributed by atoms with van der Waals surface area (Å²) in [7, 11) is -3.10. The minimum atomic E-state index is -3.10. The molecule has 1 fully saturated rings. The normalized spacial score (nSPS) is 18.1. The lowest BCUT2D eigenvalue weighted by Crippen LogP contribution is -2.39. The third-order valence-electron chi connectivity index (χ3n) is 4.81. The lowest BCUT2D eigenvalue weighted by Gasteiger charge is -2.27. The Morgan fingerprint density at radius 2 is 1.86 bits per heavy atom. The van der Waals surface area contributed by atoms with Crippen molar-refractivity contribution in [1.82, 2.24) is 4.90 Å². The van der Waals surface area contributed by atoms with Crippen molar-refractivity contribution in [3.05, 3.63) is 70.8 Å². The lowest BCUT2D eigenvalue weighted by molar-refractivity contribution is -0.128. The van der Waals surface area contributed by atoms with E-state index in [-0.39, 0.29) is 23.5 Å². The Labute approximate surface area is 176 Å². The number of nitrogens with zero attached hydrogens (tertiary/aromatic N) is 1. The van der Waals surface area contributed by atoms with Crippen LogP contribution in [-0.4, -0.2) is 43.4 Å². The van der Waals surface area contributed by atoms with Gasteiger partial charge < -0.3 is 9.64 Å². The van der Waals surface area contributed by atoms with Crippen LogP contribution in [0.3, 0.4) is 0 Å². The van der Waals surface area contributed by atoms with Gasteiger partial charge in [-0.25, -0.2) is 8.42 Å². The second-order valence-electron chi connectivity index (χ2n) is 6.98. The molecule has 0 spiro atoms. The van der Waals surface area contributed by atoms with Crippen molar-refractivity contribution >= 4 is 33.4 Å². The fraction of sp³-hybridized carbons (Fsp3) is 0.318. The second-order valence-corrected chi connectivity index (χ2v) is 9.65. The molecule has 1 saturated heterocycles. The van der Waals surface area contributed by atoms with Crippen molar-refractivity contribution in [2.45, 2.75) is 25.9 Å². The van der Waals surface area contributed by atoms with Crippen LogP contribution in [0.4, 0.5) is 0 Å². The molecule has 1 heterocycles. The number of amides is 1. The maximum atomic E-state index is 12.9. The molecule has 2 aromatic rings. The molecule has 7 heteroatoms. The van der Waals surface area contributed by atoms with Crippen LogP contribution in [0.25, 0.3) is 6.08 Å². The molecule has 1 atom stereocenters. The summed E-state index contributed by atoms with van der Waals surface area (Å²) in [5, 5.41) is 0.627. The average molecular weight is 434 g/mol. The number of sulfone groups is 1. The van der Waals surface area contributed by atoms with Crippen LogP contribution >= 0.6 is 11.6 Å².